The molecule has 1 saturated heterocycles. The number of sulfone groups is 1. The quantitative estimate of drug-likeness (QED) is 0.457. The van der Waals surface area contributed by atoms with E-state index in [0.717, 1.165) is 16.7 Å². The van der Waals surface area contributed by atoms with Crippen molar-refractivity contribution in [3.8, 4) is 0 Å². The number of methoxy groups -OCH3 is 1. The highest BCUT2D eigenvalue weighted by molar-refractivity contribution is 8.14. The molecule has 1 aromatic heterocycles. The van der Waals surface area contributed by atoms with Gasteiger partial charge in [-0.05, 0) is 22.9 Å². The highest BCUT2D eigenvalue weighted by Crippen LogP contribution is 2.52. The molecule has 0 bridgehead atoms. The fraction of sp³-hybridized carbons (Fsp3) is 0.611. The Morgan fingerprint density at radius 3 is 2.50 bits per heavy atom. The number of nitrogens with zero attached hydrogens (tertiary/aromatic N) is 5. The minimum absolute atomic E-state index is 0.00166. The predicted molar refractivity (Wildman–Crippen MR) is 110 cm³/mol. The second-order valence-electron chi connectivity index (χ2n) is 8.35. The first-order valence-electron chi connectivity index (χ1n) is 9.21. The van der Waals surface area contributed by atoms with Gasteiger partial charge in [0.2, 0.25) is 5.16 Å². The molecule has 30 heavy (non-hydrogen) atoms. The van der Waals surface area contributed by atoms with E-state index in [9.17, 15) is 18.0 Å². The Morgan fingerprint density at radius 2 is 2.03 bits per heavy atom. The van der Waals surface area contributed by atoms with E-state index in [-0.39, 0.29) is 28.6 Å². The van der Waals surface area contributed by atoms with Crippen molar-refractivity contribution in [1.29, 1.82) is 0 Å². The fourth-order valence-corrected chi connectivity index (χ4v) is 7.77. The van der Waals surface area contributed by atoms with Crippen molar-refractivity contribution in [1.82, 2.24) is 25.1 Å². The largest absolute Gasteiger partial charge is 0.365 e. The van der Waals surface area contributed by atoms with Crippen LogP contribution in [0.25, 0.3) is 0 Å². The first-order valence-corrected chi connectivity index (χ1v) is 11.7. The second-order valence-corrected chi connectivity index (χ2v) is 11.8. The number of carbonyl (C=O) groups excluding carboxylic acids is 2. The van der Waals surface area contributed by atoms with E-state index in [0.29, 0.717) is 0 Å². The highest BCUT2D eigenvalue weighted by Gasteiger charge is 2.71. The molecule has 0 spiro atoms. The zero-order chi connectivity index (χ0) is 22.6. The lowest BCUT2D eigenvalue weighted by Gasteiger charge is -2.57. The summed E-state index contributed by atoms with van der Waals surface area (Å²) in [7, 11) is -1.13. The lowest BCUT2D eigenvalue weighted by Crippen LogP contribution is -2.79. The molecule has 0 aliphatic carbocycles. The van der Waals surface area contributed by atoms with Crippen LogP contribution in [0.5, 0.6) is 0 Å². The van der Waals surface area contributed by atoms with Crippen molar-refractivity contribution in [3.05, 3.63) is 23.9 Å². The van der Waals surface area contributed by atoms with Crippen LogP contribution in [0.2, 0.25) is 0 Å². The fourth-order valence-electron chi connectivity index (χ4n) is 3.74. The molecule has 0 radical (unpaired) electrons. The summed E-state index contributed by atoms with van der Waals surface area (Å²) in [6, 6.07) is 0. The number of β-lactam (4-membered cyclic amide) rings is 1. The van der Waals surface area contributed by atoms with E-state index in [1.54, 1.807) is 34.7 Å². The Kier molecular flexibility index (Phi) is 5.49. The number of carbonyl (C=O) groups is 2. The molecular weight excluding hydrogens is 430 g/mol. The van der Waals surface area contributed by atoms with Crippen LogP contribution in [0, 0.1) is 5.41 Å². The van der Waals surface area contributed by atoms with Gasteiger partial charge in [0.25, 0.3) is 5.91 Å². The van der Waals surface area contributed by atoms with Gasteiger partial charge in [-0.25, -0.2) is 13.1 Å². The summed E-state index contributed by atoms with van der Waals surface area (Å²) in [6.45, 7) is 10.4. The SMILES string of the molecule is C=CC[C@@]1(OC)C(=O)N2C(C(=O)C(C)(C)C)=C(C)C(Sc3nnnn3C)S(=O)(=O)[C@@H]21. The Morgan fingerprint density at radius 1 is 1.40 bits per heavy atom. The summed E-state index contributed by atoms with van der Waals surface area (Å²) in [5.41, 5.74) is -2.08. The number of allylic oxidation sites excluding steroid dienone is 1. The first-order chi connectivity index (χ1) is 13.8. The third-order valence-corrected chi connectivity index (χ3v) is 9.68. The van der Waals surface area contributed by atoms with Crippen LogP contribution in [0.4, 0.5) is 0 Å². The number of ketones is 1. The molecule has 1 aromatic rings. The van der Waals surface area contributed by atoms with Gasteiger partial charge in [0, 0.05) is 26.0 Å². The average molecular weight is 456 g/mol. The van der Waals surface area contributed by atoms with Gasteiger partial charge in [0.1, 0.15) is 4.58 Å². The maximum atomic E-state index is 13.7. The number of hydrogen-bond acceptors (Lipinski definition) is 9. The Bertz CT molecular complexity index is 1060. The summed E-state index contributed by atoms with van der Waals surface area (Å²) in [4.78, 5) is 27.5. The van der Waals surface area contributed by atoms with E-state index >= 15 is 0 Å². The number of fused-ring (bicyclic) bond motifs is 1. The topological polar surface area (TPSA) is 124 Å². The van der Waals surface area contributed by atoms with E-state index in [1.165, 1.54) is 17.9 Å². The monoisotopic (exact) mass is 455 g/mol. The lowest BCUT2D eigenvalue weighted by atomic mass is 9.82. The third kappa shape index (κ3) is 3.04. The average Bonchev–Trinajstić information content (AvgIpc) is 3.06. The number of rotatable bonds is 6. The summed E-state index contributed by atoms with van der Waals surface area (Å²) in [5, 5.41) is 10.1. The highest BCUT2D eigenvalue weighted by atomic mass is 32.3. The molecular formula is C18H25N5O5S2. The number of hydrogen-bond donors (Lipinski definition) is 0. The van der Waals surface area contributed by atoms with Crippen LogP contribution in [0.15, 0.2) is 29.1 Å². The minimum atomic E-state index is -4.02. The number of Topliss-reactive ketones (excluding diaryl/α,β-unsaturated/α-hetero) is 1. The van der Waals surface area contributed by atoms with E-state index in [1.807, 2.05) is 0 Å². The Balaban J connectivity index is 2.24. The molecule has 1 amide bonds. The number of aromatic nitrogens is 4. The predicted octanol–water partition coefficient (Wildman–Crippen LogP) is 1.08. The van der Waals surface area contributed by atoms with Gasteiger partial charge in [-0.2, -0.15) is 0 Å². The van der Waals surface area contributed by atoms with Crippen LogP contribution in [0.1, 0.15) is 34.1 Å². The zero-order valence-electron chi connectivity index (χ0n) is 17.7. The van der Waals surface area contributed by atoms with Crippen molar-refractivity contribution in [2.24, 2.45) is 12.5 Å². The van der Waals surface area contributed by atoms with Crippen molar-refractivity contribution >= 4 is 33.3 Å². The molecule has 3 rings (SSSR count). The standard InChI is InChI=1S/C18H25N5O5S2/c1-8-9-18(28-7)14(25)23-11(12(24)17(3,4)5)10(2)13(30(26,27)15(18)23)29-16-19-20-21-22(16)6/h8,13,15H,1,9H2,2-7H3/t13?,15-,18-/m1/s1. The van der Waals surface area contributed by atoms with Crippen LogP contribution >= 0.6 is 11.8 Å². The summed E-state index contributed by atoms with van der Waals surface area (Å²) in [6.07, 6.45) is 1.45. The molecule has 164 valence electrons. The normalized spacial score (nSPS) is 28.2. The Hall–Kier alpha value is -2.05. The van der Waals surface area contributed by atoms with Crippen molar-refractivity contribution in [2.45, 2.75) is 54.8 Å². The second kappa shape index (κ2) is 7.27. The van der Waals surface area contributed by atoms with Crippen molar-refractivity contribution < 1.29 is 22.7 Å². The van der Waals surface area contributed by atoms with E-state index < -0.39 is 36.7 Å². The molecule has 3 atom stereocenters. The molecule has 12 heteroatoms. The van der Waals surface area contributed by atoms with Gasteiger partial charge in [0.05, 0.1) is 5.70 Å². The van der Waals surface area contributed by atoms with Crippen molar-refractivity contribution in [2.75, 3.05) is 7.11 Å². The maximum Gasteiger partial charge on any atom is 0.264 e. The van der Waals surface area contributed by atoms with Gasteiger partial charge in [-0.3, -0.25) is 14.5 Å². The van der Waals surface area contributed by atoms with E-state index in [2.05, 4.69) is 22.1 Å². The van der Waals surface area contributed by atoms with Gasteiger partial charge >= 0.3 is 0 Å². The van der Waals surface area contributed by atoms with Crippen molar-refractivity contribution in [3.63, 3.8) is 0 Å². The summed E-state index contributed by atoms with van der Waals surface area (Å²) < 4.78 is 33.0. The number of thioether (sulfide) groups is 1. The van der Waals surface area contributed by atoms with E-state index in [4.69, 9.17) is 4.74 Å². The maximum absolute atomic E-state index is 13.7. The third-order valence-electron chi connectivity index (χ3n) is 5.29. The molecule has 2 aliphatic rings. The van der Waals surface area contributed by atoms with Gasteiger partial charge in [-0.1, -0.05) is 38.6 Å². The zero-order valence-corrected chi connectivity index (χ0v) is 19.4. The smallest absolute Gasteiger partial charge is 0.264 e. The summed E-state index contributed by atoms with van der Waals surface area (Å²) in [5.74, 6) is -0.882. The molecule has 0 N–H and O–H groups in total. The number of ether oxygens (including phenoxy) is 1. The van der Waals surface area contributed by atoms with Crippen LogP contribution < -0.4 is 0 Å². The van der Waals surface area contributed by atoms with Gasteiger partial charge in [0.15, 0.2) is 26.6 Å². The number of tetrazole rings is 1. The van der Waals surface area contributed by atoms with Gasteiger partial charge < -0.3 is 4.74 Å². The molecule has 0 aromatic carbocycles. The molecule has 1 fully saturated rings. The molecule has 10 nitrogen and oxygen atoms in total. The molecule has 0 saturated carbocycles. The minimum Gasteiger partial charge on any atom is -0.365 e. The van der Waals surface area contributed by atoms with Crippen LogP contribution in [-0.4, -0.2) is 67.9 Å². The van der Waals surface area contributed by atoms with Crippen LogP contribution in [0.3, 0.4) is 0 Å². The summed E-state index contributed by atoms with van der Waals surface area (Å²) >= 11 is 0.924. The number of aryl methyl sites for hydroxylation is 1. The van der Waals surface area contributed by atoms with Crippen LogP contribution in [-0.2, 0) is 31.2 Å². The molecule has 3 heterocycles. The Labute approximate surface area is 179 Å². The van der Waals surface area contributed by atoms with Gasteiger partial charge in [-0.15, -0.1) is 11.7 Å². The molecule has 1 unspecified atom stereocenters. The molecule has 2 aliphatic heterocycles. The lowest BCUT2D eigenvalue weighted by molar-refractivity contribution is -0.183. The number of amides is 1. The first kappa shape index (κ1) is 22.6.